The summed E-state index contributed by atoms with van der Waals surface area (Å²) in [5.74, 6) is 0.126. The Balaban J connectivity index is 2.07. The van der Waals surface area contributed by atoms with Crippen LogP contribution in [-0.2, 0) is 11.3 Å². The van der Waals surface area contributed by atoms with Gasteiger partial charge in [-0.1, -0.05) is 13.8 Å². The second kappa shape index (κ2) is 6.90. The number of hydrogen-bond acceptors (Lipinski definition) is 4. The number of carbonyl (C=O) groups excluding carboxylic acids is 1. The van der Waals surface area contributed by atoms with Gasteiger partial charge in [0.2, 0.25) is 5.91 Å². The summed E-state index contributed by atoms with van der Waals surface area (Å²) in [4.78, 5) is 19.3. The van der Waals surface area contributed by atoms with Gasteiger partial charge in [-0.3, -0.25) is 14.8 Å². The minimum Gasteiger partial charge on any atom is -0.355 e. The molecule has 88 valence electrons. The van der Waals surface area contributed by atoms with E-state index in [1.807, 2.05) is 13.8 Å². The molecule has 1 aromatic rings. The molecule has 0 saturated heterocycles. The zero-order valence-corrected chi connectivity index (χ0v) is 9.73. The molecule has 0 aliphatic heterocycles. The molecule has 0 aromatic carbocycles. The molecule has 0 unspecified atom stereocenters. The standard InChI is InChI=1S/C11H18N4O/c1-9(2)11(16)15-6-4-13-8-10-7-12-3-5-14-10/h3,5,7,9,13H,4,6,8H2,1-2H3,(H,15,16). The van der Waals surface area contributed by atoms with Crippen LogP contribution in [0.2, 0.25) is 0 Å². The van der Waals surface area contributed by atoms with Gasteiger partial charge in [-0.15, -0.1) is 0 Å². The van der Waals surface area contributed by atoms with Crippen LogP contribution in [0.15, 0.2) is 18.6 Å². The van der Waals surface area contributed by atoms with Crippen molar-refractivity contribution in [3.05, 3.63) is 24.3 Å². The van der Waals surface area contributed by atoms with Crippen LogP contribution in [-0.4, -0.2) is 29.0 Å². The first-order valence-electron chi connectivity index (χ1n) is 5.43. The third-order valence-electron chi connectivity index (χ3n) is 2.05. The molecule has 5 nitrogen and oxygen atoms in total. The number of nitrogens with zero attached hydrogens (tertiary/aromatic N) is 2. The normalized spacial score (nSPS) is 10.4. The molecular formula is C11H18N4O. The smallest absolute Gasteiger partial charge is 0.222 e. The van der Waals surface area contributed by atoms with Crippen LogP contribution in [0.1, 0.15) is 19.5 Å². The van der Waals surface area contributed by atoms with Gasteiger partial charge < -0.3 is 10.6 Å². The molecule has 1 rings (SSSR count). The molecule has 5 heteroatoms. The van der Waals surface area contributed by atoms with E-state index in [4.69, 9.17) is 0 Å². The predicted molar refractivity (Wildman–Crippen MR) is 61.6 cm³/mol. The Labute approximate surface area is 95.7 Å². The Morgan fingerprint density at radius 1 is 1.38 bits per heavy atom. The monoisotopic (exact) mass is 222 g/mol. The fourth-order valence-electron chi connectivity index (χ4n) is 1.12. The minimum absolute atomic E-state index is 0.0417. The molecule has 1 aromatic heterocycles. The van der Waals surface area contributed by atoms with Crippen molar-refractivity contribution in [3.8, 4) is 0 Å². The summed E-state index contributed by atoms with van der Waals surface area (Å²) >= 11 is 0. The Morgan fingerprint density at radius 2 is 2.19 bits per heavy atom. The Morgan fingerprint density at radius 3 is 2.81 bits per heavy atom. The van der Waals surface area contributed by atoms with Crippen LogP contribution >= 0.6 is 0 Å². The lowest BCUT2D eigenvalue weighted by Gasteiger charge is -2.08. The maximum absolute atomic E-state index is 11.2. The number of rotatable bonds is 6. The highest BCUT2D eigenvalue weighted by molar-refractivity contribution is 5.77. The molecule has 1 amide bonds. The van der Waals surface area contributed by atoms with Crippen molar-refractivity contribution < 1.29 is 4.79 Å². The fourth-order valence-corrected chi connectivity index (χ4v) is 1.12. The average Bonchev–Trinajstić information content (AvgIpc) is 2.29. The highest BCUT2D eigenvalue weighted by Gasteiger charge is 2.04. The van der Waals surface area contributed by atoms with Crippen molar-refractivity contribution in [3.63, 3.8) is 0 Å². The molecule has 16 heavy (non-hydrogen) atoms. The topological polar surface area (TPSA) is 66.9 Å². The van der Waals surface area contributed by atoms with Crippen LogP contribution < -0.4 is 10.6 Å². The second-order valence-corrected chi connectivity index (χ2v) is 3.82. The highest BCUT2D eigenvalue weighted by atomic mass is 16.1. The average molecular weight is 222 g/mol. The molecule has 0 spiro atoms. The third-order valence-corrected chi connectivity index (χ3v) is 2.05. The van der Waals surface area contributed by atoms with E-state index in [9.17, 15) is 4.79 Å². The Bertz CT molecular complexity index is 313. The molecule has 0 bridgehead atoms. The number of nitrogens with one attached hydrogen (secondary N) is 2. The molecule has 0 atom stereocenters. The van der Waals surface area contributed by atoms with Gasteiger partial charge in [0.05, 0.1) is 5.69 Å². The van der Waals surface area contributed by atoms with Gasteiger partial charge >= 0.3 is 0 Å². The van der Waals surface area contributed by atoms with E-state index in [1.165, 1.54) is 0 Å². The molecular weight excluding hydrogens is 204 g/mol. The fraction of sp³-hybridized carbons (Fsp3) is 0.545. The first-order chi connectivity index (χ1) is 7.70. The van der Waals surface area contributed by atoms with Crippen molar-refractivity contribution in [2.75, 3.05) is 13.1 Å². The molecule has 1 heterocycles. The Hall–Kier alpha value is -1.49. The molecule has 0 saturated carbocycles. The van der Waals surface area contributed by atoms with E-state index in [1.54, 1.807) is 18.6 Å². The van der Waals surface area contributed by atoms with E-state index >= 15 is 0 Å². The maximum atomic E-state index is 11.2. The van der Waals surface area contributed by atoms with Crippen molar-refractivity contribution in [2.24, 2.45) is 5.92 Å². The van der Waals surface area contributed by atoms with Gasteiger partial charge in [-0.05, 0) is 0 Å². The van der Waals surface area contributed by atoms with Gasteiger partial charge in [-0.2, -0.15) is 0 Å². The van der Waals surface area contributed by atoms with Crippen LogP contribution in [0.4, 0.5) is 0 Å². The predicted octanol–water partition coefficient (Wildman–Crippen LogP) is 0.338. The van der Waals surface area contributed by atoms with Crippen molar-refractivity contribution in [1.29, 1.82) is 0 Å². The summed E-state index contributed by atoms with van der Waals surface area (Å²) in [6.07, 6.45) is 5.03. The maximum Gasteiger partial charge on any atom is 0.222 e. The Kier molecular flexibility index (Phi) is 5.42. The van der Waals surface area contributed by atoms with Crippen LogP contribution in [0, 0.1) is 5.92 Å². The lowest BCUT2D eigenvalue weighted by Crippen LogP contribution is -2.34. The van der Waals surface area contributed by atoms with Crippen LogP contribution in [0.5, 0.6) is 0 Å². The first-order valence-corrected chi connectivity index (χ1v) is 5.43. The summed E-state index contributed by atoms with van der Waals surface area (Å²) in [6, 6.07) is 0. The SMILES string of the molecule is CC(C)C(=O)NCCNCc1cnccn1. The van der Waals surface area contributed by atoms with Crippen LogP contribution in [0.3, 0.4) is 0 Å². The van der Waals surface area contributed by atoms with E-state index in [2.05, 4.69) is 20.6 Å². The van der Waals surface area contributed by atoms with E-state index < -0.39 is 0 Å². The van der Waals surface area contributed by atoms with Crippen molar-refractivity contribution in [1.82, 2.24) is 20.6 Å². The summed E-state index contributed by atoms with van der Waals surface area (Å²) in [6.45, 7) is 5.79. The summed E-state index contributed by atoms with van der Waals surface area (Å²) in [7, 11) is 0. The van der Waals surface area contributed by atoms with Gasteiger partial charge in [0, 0.05) is 44.1 Å². The van der Waals surface area contributed by atoms with E-state index in [0.717, 1.165) is 12.2 Å². The molecule has 0 radical (unpaired) electrons. The van der Waals surface area contributed by atoms with E-state index in [0.29, 0.717) is 13.1 Å². The minimum atomic E-state index is 0.0417. The quantitative estimate of drug-likeness (QED) is 0.681. The molecule has 0 aliphatic rings. The van der Waals surface area contributed by atoms with Gasteiger partial charge in [-0.25, -0.2) is 0 Å². The van der Waals surface area contributed by atoms with Crippen molar-refractivity contribution in [2.45, 2.75) is 20.4 Å². The molecule has 0 fully saturated rings. The third kappa shape index (κ3) is 4.84. The highest BCUT2D eigenvalue weighted by Crippen LogP contribution is 1.90. The second-order valence-electron chi connectivity index (χ2n) is 3.82. The van der Waals surface area contributed by atoms with E-state index in [-0.39, 0.29) is 11.8 Å². The molecule has 0 aliphatic carbocycles. The summed E-state index contributed by atoms with van der Waals surface area (Å²) < 4.78 is 0. The molecule has 2 N–H and O–H groups in total. The number of hydrogen-bond donors (Lipinski definition) is 2. The largest absolute Gasteiger partial charge is 0.355 e. The van der Waals surface area contributed by atoms with Gasteiger partial charge in [0.25, 0.3) is 0 Å². The van der Waals surface area contributed by atoms with Gasteiger partial charge in [0.1, 0.15) is 0 Å². The summed E-state index contributed by atoms with van der Waals surface area (Å²) in [5, 5.41) is 6.01. The lowest BCUT2D eigenvalue weighted by atomic mass is 10.2. The zero-order valence-electron chi connectivity index (χ0n) is 9.73. The van der Waals surface area contributed by atoms with Gasteiger partial charge in [0.15, 0.2) is 0 Å². The number of amides is 1. The van der Waals surface area contributed by atoms with Crippen molar-refractivity contribution >= 4 is 5.91 Å². The summed E-state index contributed by atoms with van der Waals surface area (Å²) in [5.41, 5.74) is 0.901. The number of aromatic nitrogens is 2. The lowest BCUT2D eigenvalue weighted by molar-refractivity contribution is -0.123. The van der Waals surface area contributed by atoms with Crippen LogP contribution in [0.25, 0.3) is 0 Å². The zero-order chi connectivity index (χ0) is 11.8. The first kappa shape index (κ1) is 12.6. The number of carbonyl (C=O) groups is 1.